The molecular weight excluding hydrogens is 220 g/mol. The summed E-state index contributed by atoms with van der Waals surface area (Å²) in [5.41, 5.74) is 0. The van der Waals surface area contributed by atoms with E-state index in [0.717, 1.165) is 18.1 Å². The molecule has 2 heteroatoms. The molecule has 2 aliphatic rings. The molecule has 18 heavy (non-hydrogen) atoms. The van der Waals surface area contributed by atoms with Gasteiger partial charge >= 0.3 is 0 Å². The highest BCUT2D eigenvalue weighted by molar-refractivity contribution is 4.92. The van der Waals surface area contributed by atoms with E-state index in [1.165, 1.54) is 70.9 Å². The van der Waals surface area contributed by atoms with Gasteiger partial charge in [-0.2, -0.15) is 0 Å². The van der Waals surface area contributed by atoms with Crippen molar-refractivity contribution in [3.63, 3.8) is 0 Å². The summed E-state index contributed by atoms with van der Waals surface area (Å²) in [6, 6.07) is 2.63. The molecule has 0 aromatic heterocycles. The van der Waals surface area contributed by atoms with Gasteiger partial charge < -0.3 is 5.32 Å². The normalized spacial score (nSPS) is 28.8. The van der Waals surface area contributed by atoms with Crippen molar-refractivity contribution in [3.8, 4) is 0 Å². The molecule has 2 fully saturated rings. The zero-order valence-corrected chi connectivity index (χ0v) is 12.5. The predicted octanol–water partition coefficient (Wildman–Crippen LogP) is 3.56. The van der Waals surface area contributed by atoms with Gasteiger partial charge in [-0.05, 0) is 58.0 Å². The minimum atomic E-state index is 0.798. The number of rotatable bonds is 8. The fourth-order valence-corrected chi connectivity index (χ4v) is 3.41. The number of hydrogen-bond acceptors (Lipinski definition) is 2. The molecule has 0 bridgehead atoms. The standard InChI is InChI=1S/C16H32N2/c1-3-5-12-18(15-9-10-15)16-8-6-7-14(13-16)17-11-4-2/h14-17H,3-13H2,1-2H3. The molecule has 2 nitrogen and oxygen atoms in total. The maximum atomic E-state index is 3.74. The Bertz CT molecular complexity index is 225. The van der Waals surface area contributed by atoms with Crippen molar-refractivity contribution in [2.75, 3.05) is 13.1 Å². The van der Waals surface area contributed by atoms with E-state index >= 15 is 0 Å². The minimum absolute atomic E-state index is 0.798. The van der Waals surface area contributed by atoms with Crippen molar-refractivity contribution in [3.05, 3.63) is 0 Å². The maximum Gasteiger partial charge on any atom is 0.0113 e. The summed E-state index contributed by atoms with van der Waals surface area (Å²) in [5, 5.41) is 3.74. The van der Waals surface area contributed by atoms with Crippen LogP contribution in [0.3, 0.4) is 0 Å². The van der Waals surface area contributed by atoms with Crippen molar-refractivity contribution in [2.45, 2.75) is 89.8 Å². The molecule has 2 aliphatic carbocycles. The third-order valence-electron chi connectivity index (χ3n) is 4.58. The summed E-state index contributed by atoms with van der Waals surface area (Å²) in [7, 11) is 0. The lowest BCUT2D eigenvalue weighted by atomic mass is 9.89. The minimum Gasteiger partial charge on any atom is -0.314 e. The van der Waals surface area contributed by atoms with Crippen LogP contribution in [0.15, 0.2) is 0 Å². The first-order chi connectivity index (χ1) is 8.85. The molecule has 0 amide bonds. The topological polar surface area (TPSA) is 15.3 Å². The zero-order valence-electron chi connectivity index (χ0n) is 12.5. The molecule has 106 valence electrons. The van der Waals surface area contributed by atoms with Crippen LogP contribution >= 0.6 is 0 Å². The van der Waals surface area contributed by atoms with Crippen LogP contribution in [-0.2, 0) is 0 Å². The van der Waals surface area contributed by atoms with E-state index < -0.39 is 0 Å². The molecular formula is C16H32N2. The molecule has 0 spiro atoms. The van der Waals surface area contributed by atoms with Gasteiger partial charge in [0.1, 0.15) is 0 Å². The zero-order chi connectivity index (χ0) is 12.8. The van der Waals surface area contributed by atoms with Gasteiger partial charge in [0, 0.05) is 18.1 Å². The molecule has 2 saturated carbocycles. The Morgan fingerprint density at radius 3 is 2.50 bits per heavy atom. The van der Waals surface area contributed by atoms with Crippen molar-refractivity contribution in [1.29, 1.82) is 0 Å². The Hall–Kier alpha value is -0.0800. The Morgan fingerprint density at radius 1 is 1.00 bits per heavy atom. The van der Waals surface area contributed by atoms with Crippen molar-refractivity contribution in [2.24, 2.45) is 0 Å². The van der Waals surface area contributed by atoms with Crippen LogP contribution in [0.1, 0.15) is 71.6 Å². The third-order valence-corrected chi connectivity index (χ3v) is 4.58. The van der Waals surface area contributed by atoms with Gasteiger partial charge in [-0.3, -0.25) is 4.90 Å². The Labute approximate surface area is 114 Å². The lowest BCUT2D eigenvalue weighted by Gasteiger charge is -2.38. The van der Waals surface area contributed by atoms with Crippen molar-refractivity contribution in [1.82, 2.24) is 10.2 Å². The second-order valence-corrected chi connectivity index (χ2v) is 6.29. The molecule has 0 saturated heterocycles. The van der Waals surface area contributed by atoms with Crippen molar-refractivity contribution < 1.29 is 0 Å². The maximum absolute atomic E-state index is 3.74. The molecule has 1 N–H and O–H groups in total. The van der Waals surface area contributed by atoms with Crippen LogP contribution in [0.4, 0.5) is 0 Å². The largest absolute Gasteiger partial charge is 0.314 e. The molecule has 2 atom stereocenters. The van der Waals surface area contributed by atoms with Crippen LogP contribution in [0.5, 0.6) is 0 Å². The fourth-order valence-electron chi connectivity index (χ4n) is 3.41. The second kappa shape index (κ2) is 7.49. The number of nitrogens with zero attached hydrogens (tertiary/aromatic N) is 1. The van der Waals surface area contributed by atoms with E-state index in [1.807, 2.05) is 0 Å². The molecule has 0 radical (unpaired) electrons. The highest BCUT2D eigenvalue weighted by Gasteiger charge is 2.35. The third kappa shape index (κ3) is 4.24. The van der Waals surface area contributed by atoms with Gasteiger partial charge in [-0.1, -0.05) is 26.7 Å². The number of hydrogen-bond donors (Lipinski definition) is 1. The average molecular weight is 252 g/mol. The lowest BCUT2D eigenvalue weighted by molar-refractivity contribution is 0.129. The van der Waals surface area contributed by atoms with E-state index in [9.17, 15) is 0 Å². The molecule has 2 rings (SSSR count). The molecule has 0 aromatic rings. The summed E-state index contributed by atoms with van der Waals surface area (Å²) >= 11 is 0. The first-order valence-corrected chi connectivity index (χ1v) is 8.34. The SMILES string of the molecule is CCCCN(C1CC1)C1CCCC(NCCC)C1. The van der Waals surface area contributed by atoms with E-state index in [4.69, 9.17) is 0 Å². The second-order valence-electron chi connectivity index (χ2n) is 6.29. The highest BCUT2D eigenvalue weighted by atomic mass is 15.2. The molecule has 2 unspecified atom stereocenters. The van der Waals surface area contributed by atoms with Crippen molar-refractivity contribution >= 4 is 0 Å². The van der Waals surface area contributed by atoms with E-state index in [-0.39, 0.29) is 0 Å². The van der Waals surface area contributed by atoms with Gasteiger partial charge in [0.2, 0.25) is 0 Å². The predicted molar refractivity (Wildman–Crippen MR) is 79.0 cm³/mol. The van der Waals surface area contributed by atoms with Gasteiger partial charge in [0.15, 0.2) is 0 Å². The summed E-state index contributed by atoms with van der Waals surface area (Å²) in [5.74, 6) is 0. The van der Waals surface area contributed by atoms with Gasteiger partial charge in [-0.25, -0.2) is 0 Å². The van der Waals surface area contributed by atoms with Crippen LogP contribution in [0, 0.1) is 0 Å². The fraction of sp³-hybridized carbons (Fsp3) is 1.00. The lowest BCUT2D eigenvalue weighted by Crippen LogP contribution is -2.45. The molecule has 0 aliphatic heterocycles. The van der Waals surface area contributed by atoms with E-state index in [0.29, 0.717) is 0 Å². The summed E-state index contributed by atoms with van der Waals surface area (Å²) in [6.45, 7) is 7.14. The first kappa shape index (κ1) is 14.3. The van der Waals surface area contributed by atoms with Crippen LogP contribution < -0.4 is 5.32 Å². The van der Waals surface area contributed by atoms with Crippen LogP contribution in [0.25, 0.3) is 0 Å². The number of unbranched alkanes of at least 4 members (excludes halogenated alkanes) is 1. The van der Waals surface area contributed by atoms with E-state index in [1.54, 1.807) is 0 Å². The Balaban J connectivity index is 1.80. The highest BCUT2D eigenvalue weighted by Crippen LogP contribution is 2.33. The van der Waals surface area contributed by atoms with Gasteiger partial charge in [-0.15, -0.1) is 0 Å². The quantitative estimate of drug-likeness (QED) is 0.710. The molecule has 0 heterocycles. The van der Waals surface area contributed by atoms with Gasteiger partial charge in [0.25, 0.3) is 0 Å². The van der Waals surface area contributed by atoms with Crippen LogP contribution in [0.2, 0.25) is 0 Å². The van der Waals surface area contributed by atoms with E-state index in [2.05, 4.69) is 24.1 Å². The van der Waals surface area contributed by atoms with Crippen LogP contribution in [-0.4, -0.2) is 36.1 Å². The summed E-state index contributed by atoms with van der Waals surface area (Å²) < 4.78 is 0. The van der Waals surface area contributed by atoms with Gasteiger partial charge in [0.05, 0.1) is 0 Å². The summed E-state index contributed by atoms with van der Waals surface area (Å²) in [4.78, 5) is 2.86. The Kier molecular flexibility index (Phi) is 5.97. The number of nitrogens with one attached hydrogen (secondary N) is 1. The first-order valence-electron chi connectivity index (χ1n) is 8.34. The Morgan fingerprint density at radius 2 is 1.83 bits per heavy atom. The smallest absolute Gasteiger partial charge is 0.0113 e. The monoisotopic (exact) mass is 252 g/mol. The summed E-state index contributed by atoms with van der Waals surface area (Å²) in [6.07, 6.45) is 12.6. The average Bonchev–Trinajstić information content (AvgIpc) is 3.22. The molecule has 0 aromatic carbocycles.